The van der Waals surface area contributed by atoms with Crippen molar-refractivity contribution < 1.29 is 18.7 Å². The predicted molar refractivity (Wildman–Crippen MR) is 71.3 cm³/mol. The fraction of sp³-hybridized carbons (Fsp3) is 0.267. The van der Waals surface area contributed by atoms with E-state index in [9.17, 15) is 4.79 Å². The van der Waals surface area contributed by atoms with Crippen molar-refractivity contribution in [2.24, 2.45) is 0 Å². The molecule has 4 nitrogen and oxygen atoms in total. The van der Waals surface area contributed by atoms with Crippen molar-refractivity contribution in [3.63, 3.8) is 0 Å². The molecule has 19 heavy (non-hydrogen) atoms. The molecule has 1 N–H and O–H groups in total. The van der Waals surface area contributed by atoms with Crippen LogP contribution in [0.4, 0.5) is 0 Å². The van der Waals surface area contributed by atoms with Gasteiger partial charge in [-0.25, -0.2) is 0 Å². The Kier molecular flexibility index (Phi) is 2.42. The van der Waals surface area contributed by atoms with Gasteiger partial charge in [-0.2, -0.15) is 0 Å². The first-order chi connectivity index (χ1) is 8.99. The largest absolute Gasteiger partial charge is 0.481 e. The van der Waals surface area contributed by atoms with Crippen LogP contribution < -0.4 is 0 Å². The van der Waals surface area contributed by atoms with Crippen molar-refractivity contribution in [2.75, 3.05) is 0 Å². The zero-order valence-electron chi connectivity index (χ0n) is 10.8. The summed E-state index contributed by atoms with van der Waals surface area (Å²) in [5, 5.41) is 10.9. The molecule has 0 atom stereocenters. The van der Waals surface area contributed by atoms with E-state index in [1.165, 1.54) is 0 Å². The minimum Gasteiger partial charge on any atom is -0.481 e. The Hall–Kier alpha value is -2.23. The molecule has 0 aliphatic rings. The Morgan fingerprint density at radius 2 is 2.00 bits per heavy atom. The molecule has 4 heteroatoms. The summed E-state index contributed by atoms with van der Waals surface area (Å²) in [6.07, 6.45) is 3.26. The van der Waals surface area contributed by atoms with E-state index in [1.54, 1.807) is 12.5 Å². The van der Waals surface area contributed by atoms with E-state index < -0.39 is 11.4 Å². The highest BCUT2D eigenvalue weighted by Crippen LogP contribution is 2.39. The Morgan fingerprint density at radius 3 is 2.74 bits per heavy atom. The lowest BCUT2D eigenvalue weighted by atomic mass is 9.79. The van der Waals surface area contributed by atoms with Crippen LogP contribution in [-0.4, -0.2) is 11.1 Å². The van der Waals surface area contributed by atoms with Crippen molar-refractivity contribution >= 4 is 27.9 Å². The van der Waals surface area contributed by atoms with Crippen LogP contribution in [0.15, 0.2) is 39.6 Å². The van der Waals surface area contributed by atoms with Gasteiger partial charge in [0.1, 0.15) is 11.2 Å². The van der Waals surface area contributed by atoms with Crippen molar-refractivity contribution in [3.05, 3.63) is 36.3 Å². The number of hydrogen-bond acceptors (Lipinski definition) is 3. The van der Waals surface area contributed by atoms with Crippen LogP contribution in [-0.2, 0) is 10.2 Å². The fourth-order valence-electron chi connectivity index (χ4n) is 2.68. The summed E-state index contributed by atoms with van der Waals surface area (Å²) in [5.74, 6) is -0.829. The van der Waals surface area contributed by atoms with E-state index in [1.807, 2.05) is 32.0 Å². The average molecular weight is 258 g/mol. The molecule has 0 bridgehead atoms. The maximum Gasteiger partial charge on any atom is 0.304 e. The second-order valence-corrected chi connectivity index (χ2v) is 5.38. The van der Waals surface area contributed by atoms with E-state index >= 15 is 0 Å². The smallest absolute Gasteiger partial charge is 0.304 e. The van der Waals surface area contributed by atoms with Crippen LogP contribution in [0.5, 0.6) is 0 Å². The standard InChI is InChI=1S/C15H14O4/c1-15(2,8-12(16)17)13-10-4-6-18-11(10)7-9-3-5-19-14(9)13/h3-7H,8H2,1-2H3,(H,16,17). The SMILES string of the molecule is CC(C)(CC(=O)O)c1c2ccoc2cc2ccoc12. The lowest BCUT2D eigenvalue weighted by Crippen LogP contribution is -2.22. The Morgan fingerprint density at radius 1 is 1.26 bits per heavy atom. The van der Waals surface area contributed by atoms with Crippen LogP contribution in [0.2, 0.25) is 0 Å². The van der Waals surface area contributed by atoms with Gasteiger partial charge < -0.3 is 13.9 Å². The summed E-state index contributed by atoms with van der Waals surface area (Å²) in [7, 11) is 0. The minimum absolute atomic E-state index is 0.0348. The first-order valence-electron chi connectivity index (χ1n) is 6.09. The van der Waals surface area contributed by atoms with Gasteiger partial charge in [-0.05, 0) is 18.2 Å². The molecule has 0 aliphatic carbocycles. The van der Waals surface area contributed by atoms with Gasteiger partial charge in [0, 0.05) is 21.8 Å². The van der Waals surface area contributed by atoms with Gasteiger partial charge in [0.15, 0.2) is 0 Å². The molecule has 1 aromatic carbocycles. The van der Waals surface area contributed by atoms with Crippen LogP contribution in [0, 0.1) is 0 Å². The van der Waals surface area contributed by atoms with E-state index in [0.29, 0.717) is 0 Å². The maximum atomic E-state index is 11.1. The molecule has 3 aromatic rings. The molecule has 0 saturated heterocycles. The summed E-state index contributed by atoms with van der Waals surface area (Å²) < 4.78 is 11.0. The molecule has 3 rings (SSSR count). The van der Waals surface area contributed by atoms with Gasteiger partial charge in [0.25, 0.3) is 0 Å². The van der Waals surface area contributed by atoms with Crippen molar-refractivity contribution in [1.29, 1.82) is 0 Å². The second-order valence-electron chi connectivity index (χ2n) is 5.38. The molecule has 98 valence electrons. The van der Waals surface area contributed by atoms with Gasteiger partial charge in [0.05, 0.1) is 18.9 Å². The van der Waals surface area contributed by atoms with Crippen LogP contribution >= 0.6 is 0 Å². The lowest BCUT2D eigenvalue weighted by molar-refractivity contribution is -0.138. The van der Waals surface area contributed by atoms with Gasteiger partial charge in [0.2, 0.25) is 0 Å². The van der Waals surface area contributed by atoms with Gasteiger partial charge >= 0.3 is 5.97 Å². The number of carboxylic acid groups (broad SMARTS) is 1. The highest BCUT2D eigenvalue weighted by molar-refractivity contribution is 5.99. The highest BCUT2D eigenvalue weighted by atomic mass is 16.4. The third-order valence-corrected chi connectivity index (χ3v) is 3.44. The quantitative estimate of drug-likeness (QED) is 0.773. The van der Waals surface area contributed by atoms with E-state index in [4.69, 9.17) is 13.9 Å². The number of benzene rings is 1. The summed E-state index contributed by atoms with van der Waals surface area (Å²) in [4.78, 5) is 11.1. The zero-order valence-corrected chi connectivity index (χ0v) is 10.8. The molecule has 2 aromatic heterocycles. The molecule has 0 aliphatic heterocycles. The lowest BCUT2D eigenvalue weighted by Gasteiger charge is -2.24. The summed E-state index contributed by atoms with van der Waals surface area (Å²) in [6, 6.07) is 5.63. The molecular weight excluding hydrogens is 244 g/mol. The molecule has 0 saturated carbocycles. The summed E-state index contributed by atoms with van der Waals surface area (Å²) in [5.41, 5.74) is 1.84. The van der Waals surface area contributed by atoms with Crippen LogP contribution in [0.25, 0.3) is 21.9 Å². The Labute approximate surface area is 109 Å². The zero-order chi connectivity index (χ0) is 13.6. The average Bonchev–Trinajstić information content (AvgIpc) is 2.89. The number of hydrogen-bond donors (Lipinski definition) is 1. The third-order valence-electron chi connectivity index (χ3n) is 3.44. The first-order valence-corrected chi connectivity index (χ1v) is 6.09. The molecule has 0 amide bonds. The molecule has 2 heterocycles. The Bertz CT molecular complexity index is 712. The van der Waals surface area contributed by atoms with Crippen LogP contribution in [0.1, 0.15) is 25.8 Å². The minimum atomic E-state index is -0.829. The molecule has 0 fully saturated rings. The summed E-state index contributed by atoms with van der Waals surface area (Å²) in [6.45, 7) is 3.82. The fourth-order valence-corrected chi connectivity index (χ4v) is 2.68. The van der Waals surface area contributed by atoms with Crippen LogP contribution in [0.3, 0.4) is 0 Å². The number of aliphatic carboxylic acids is 1. The summed E-state index contributed by atoms with van der Waals surface area (Å²) >= 11 is 0. The topological polar surface area (TPSA) is 63.6 Å². The van der Waals surface area contributed by atoms with Crippen molar-refractivity contribution in [1.82, 2.24) is 0 Å². The molecule has 0 unspecified atom stereocenters. The number of carbonyl (C=O) groups is 1. The molecular formula is C15H14O4. The normalized spacial score (nSPS) is 12.3. The predicted octanol–water partition coefficient (Wildman–Crippen LogP) is 3.93. The first kappa shape index (κ1) is 11.8. The molecule has 0 spiro atoms. The van der Waals surface area contributed by atoms with Gasteiger partial charge in [-0.1, -0.05) is 13.8 Å². The highest BCUT2D eigenvalue weighted by Gasteiger charge is 2.30. The van der Waals surface area contributed by atoms with E-state index in [2.05, 4.69) is 0 Å². The van der Waals surface area contributed by atoms with E-state index in [0.717, 1.165) is 27.5 Å². The van der Waals surface area contributed by atoms with E-state index in [-0.39, 0.29) is 6.42 Å². The Balaban J connectivity index is 2.36. The van der Waals surface area contributed by atoms with Gasteiger partial charge in [-0.3, -0.25) is 4.79 Å². The monoisotopic (exact) mass is 258 g/mol. The second kappa shape index (κ2) is 3.88. The number of rotatable bonds is 3. The van der Waals surface area contributed by atoms with Gasteiger partial charge in [-0.15, -0.1) is 0 Å². The number of carboxylic acids is 1. The number of furan rings is 2. The van der Waals surface area contributed by atoms with Crippen molar-refractivity contribution in [2.45, 2.75) is 25.7 Å². The number of fused-ring (bicyclic) bond motifs is 2. The third kappa shape index (κ3) is 1.80. The maximum absolute atomic E-state index is 11.1. The van der Waals surface area contributed by atoms with Crippen molar-refractivity contribution in [3.8, 4) is 0 Å². The molecule has 0 radical (unpaired) electrons.